The van der Waals surface area contributed by atoms with E-state index in [2.05, 4.69) is 10.2 Å². The molecule has 0 saturated heterocycles. The maximum atomic E-state index is 12.5. The van der Waals surface area contributed by atoms with Crippen LogP contribution < -0.4 is 14.8 Å². The van der Waals surface area contributed by atoms with Crippen molar-refractivity contribution in [3.05, 3.63) is 53.1 Å². The summed E-state index contributed by atoms with van der Waals surface area (Å²) in [4.78, 5) is 26.2. The lowest BCUT2D eigenvalue weighted by Crippen LogP contribution is -2.37. The van der Waals surface area contributed by atoms with Gasteiger partial charge < -0.3 is 19.5 Å². The number of benzene rings is 2. The van der Waals surface area contributed by atoms with Crippen LogP contribution >= 0.6 is 0 Å². The van der Waals surface area contributed by atoms with E-state index in [1.54, 1.807) is 38.5 Å². The number of carbonyl (C=O) groups excluding carboxylic acids is 2. The number of amides is 1. The van der Waals surface area contributed by atoms with Gasteiger partial charge in [0.1, 0.15) is 0 Å². The molecule has 0 bridgehead atoms. The van der Waals surface area contributed by atoms with Crippen molar-refractivity contribution in [2.75, 3.05) is 39.7 Å². The molecule has 0 fully saturated rings. The third-order valence-corrected chi connectivity index (χ3v) is 4.73. The van der Waals surface area contributed by atoms with Crippen LogP contribution in [-0.2, 0) is 22.5 Å². The zero-order valence-electron chi connectivity index (χ0n) is 16.3. The van der Waals surface area contributed by atoms with Crippen molar-refractivity contribution in [3.63, 3.8) is 0 Å². The van der Waals surface area contributed by atoms with Gasteiger partial charge in [-0.15, -0.1) is 0 Å². The highest BCUT2D eigenvalue weighted by Gasteiger charge is 2.21. The van der Waals surface area contributed by atoms with Gasteiger partial charge in [-0.05, 0) is 47.9 Å². The molecule has 1 heterocycles. The smallest absolute Gasteiger partial charge is 0.337 e. The van der Waals surface area contributed by atoms with E-state index in [9.17, 15) is 9.59 Å². The number of methoxy groups -OCH3 is 3. The summed E-state index contributed by atoms with van der Waals surface area (Å²) in [6.45, 7) is 1.69. The molecule has 2 aromatic rings. The van der Waals surface area contributed by atoms with E-state index >= 15 is 0 Å². The molecule has 2 aromatic carbocycles. The minimum Gasteiger partial charge on any atom is -0.493 e. The number of nitrogens with one attached hydrogen (secondary N) is 1. The summed E-state index contributed by atoms with van der Waals surface area (Å²) in [6, 6.07) is 10.7. The highest BCUT2D eigenvalue weighted by molar-refractivity contribution is 5.95. The van der Waals surface area contributed by atoms with Crippen molar-refractivity contribution >= 4 is 17.6 Å². The Morgan fingerprint density at radius 1 is 1.04 bits per heavy atom. The summed E-state index contributed by atoms with van der Waals surface area (Å²) < 4.78 is 15.4. The Kier molecular flexibility index (Phi) is 6.16. The number of ether oxygens (including phenoxy) is 3. The first-order chi connectivity index (χ1) is 13.5. The van der Waals surface area contributed by atoms with Gasteiger partial charge in [-0.1, -0.05) is 6.07 Å². The maximum Gasteiger partial charge on any atom is 0.337 e. The number of esters is 1. The van der Waals surface area contributed by atoms with Gasteiger partial charge in [0.25, 0.3) is 0 Å². The summed E-state index contributed by atoms with van der Waals surface area (Å²) in [6.07, 6.45) is 0.834. The molecular weight excluding hydrogens is 360 g/mol. The van der Waals surface area contributed by atoms with Crippen molar-refractivity contribution in [2.45, 2.75) is 13.0 Å². The average molecular weight is 384 g/mol. The summed E-state index contributed by atoms with van der Waals surface area (Å²) in [5.41, 5.74) is 3.30. The topological polar surface area (TPSA) is 77.1 Å². The summed E-state index contributed by atoms with van der Waals surface area (Å²) in [5, 5.41) is 2.84. The highest BCUT2D eigenvalue weighted by Crippen LogP contribution is 2.33. The van der Waals surface area contributed by atoms with Crippen molar-refractivity contribution in [1.82, 2.24) is 4.90 Å². The van der Waals surface area contributed by atoms with Crippen LogP contribution in [0.2, 0.25) is 0 Å². The third kappa shape index (κ3) is 4.43. The molecule has 1 aliphatic heterocycles. The number of rotatable bonds is 6. The molecule has 0 saturated carbocycles. The Hall–Kier alpha value is -3.06. The Labute approximate surface area is 164 Å². The molecule has 0 spiro atoms. The van der Waals surface area contributed by atoms with E-state index in [0.29, 0.717) is 23.5 Å². The van der Waals surface area contributed by atoms with E-state index in [1.807, 2.05) is 12.1 Å². The van der Waals surface area contributed by atoms with Crippen molar-refractivity contribution in [1.29, 1.82) is 0 Å². The summed E-state index contributed by atoms with van der Waals surface area (Å²) in [5.74, 6) is 0.837. The van der Waals surface area contributed by atoms with Crippen LogP contribution in [0, 0.1) is 0 Å². The molecule has 0 unspecified atom stereocenters. The largest absolute Gasteiger partial charge is 0.493 e. The van der Waals surface area contributed by atoms with Gasteiger partial charge in [0.05, 0.1) is 33.4 Å². The average Bonchev–Trinajstić information content (AvgIpc) is 2.72. The van der Waals surface area contributed by atoms with Crippen LogP contribution in [0.25, 0.3) is 0 Å². The van der Waals surface area contributed by atoms with Gasteiger partial charge in [0, 0.05) is 18.8 Å². The van der Waals surface area contributed by atoms with Crippen LogP contribution in [0.1, 0.15) is 21.5 Å². The fourth-order valence-corrected chi connectivity index (χ4v) is 3.32. The predicted octanol–water partition coefficient (Wildman–Crippen LogP) is 2.49. The van der Waals surface area contributed by atoms with E-state index < -0.39 is 5.97 Å². The van der Waals surface area contributed by atoms with Crippen LogP contribution in [0.4, 0.5) is 5.69 Å². The molecule has 3 rings (SSSR count). The van der Waals surface area contributed by atoms with Crippen LogP contribution in [0.5, 0.6) is 11.5 Å². The van der Waals surface area contributed by atoms with Gasteiger partial charge in [-0.2, -0.15) is 0 Å². The third-order valence-electron chi connectivity index (χ3n) is 4.73. The first kappa shape index (κ1) is 19.7. The molecule has 28 heavy (non-hydrogen) atoms. The van der Waals surface area contributed by atoms with E-state index in [0.717, 1.165) is 24.3 Å². The van der Waals surface area contributed by atoms with Crippen molar-refractivity contribution in [3.8, 4) is 11.5 Å². The Bertz CT molecular complexity index is 881. The number of fused-ring (bicyclic) bond motifs is 1. The molecule has 0 atom stereocenters. The number of carbonyl (C=O) groups is 2. The van der Waals surface area contributed by atoms with Gasteiger partial charge in [-0.3, -0.25) is 9.69 Å². The molecular formula is C21H24N2O5. The van der Waals surface area contributed by atoms with Gasteiger partial charge >= 0.3 is 5.97 Å². The predicted molar refractivity (Wildman–Crippen MR) is 105 cm³/mol. The molecule has 1 aliphatic rings. The molecule has 1 N–H and O–H groups in total. The molecule has 1 amide bonds. The van der Waals surface area contributed by atoms with Gasteiger partial charge in [0.15, 0.2) is 11.5 Å². The number of hydrogen-bond donors (Lipinski definition) is 1. The zero-order valence-corrected chi connectivity index (χ0v) is 16.3. The number of anilines is 1. The fourth-order valence-electron chi connectivity index (χ4n) is 3.32. The molecule has 0 aliphatic carbocycles. The van der Waals surface area contributed by atoms with Gasteiger partial charge in [0.2, 0.25) is 5.91 Å². The van der Waals surface area contributed by atoms with Gasteiger partial charge in [-0.25, -0.2) is 4.79 Å². The van der Waals surface area contributed by atoms with Crippen LogP contribution in [-0.4, -0.2) is 51.2 Å². The second-order valence-electron chi connectivity index (χ2n) is 6.56. The Balaban J connectivity index is 1.64. The maximum absolute atomic E-state index is 12.5. The standard InChI is InChI=1S/C21H24N2O5/c1-26-18-10-14-7-8-23(12-16(14)11-19(18)27-2)13-20(24)22-17-6-4-5-15(9-17)21(25)28-3/h4-6,9-11H,7-8,12-13H2,1-3H3,(H,22,24). The molecule has 7 heteroatoms. The SMILES string of the molecule is COC(=O)c1cccc(NC(=O)CN2CCc3cc(OC)c(OC)cc3C2)c1. The van der Waals surface area contributed by atoms with Crippen molar-refractivity contribution < 1.29 is 23.8 Å². The van der Waals surface area contributed by atoms with E-state index in [1.165, 1.54) is 12.7 Å². The number of hydrogen-bond acceptors (Lipinski definition) is 6. The first-order valence-electron chi connectivity index (χ1n) is 8.98. The molecule has 0 radical (unpaired) electrons. The van der Waals surface area contributed by atoms with E-state index in [4.69, 9.17) is 14.2 Å². The molecule has 0 aromatic heterocycles. The summed E-state index contributed by atoms with van der Waals surface area (Å²) in [7, 11) is 4.56. The molecule has 148 valence electrons. The lowest BCUT2D eigenvalue weighted by Gasteiger charge is -2.29. The highest BCUT2D eigenvalue weighted by atomic mass is 16.5. The zero-order chi connectivity index (χ0) is 20.1. The first-order valence-corrected chi connectivity index (χ1v) is 8.98. The van der Waals surface area contributed by atoms with Crippen LogP contribution in [0.15, 0.2) is 36.4 Å². The lowest BCUT2D eigenvalue weighted by molar-refractivity contribution is -0.117. The second-order valence-corrected chi connectivity index (χ2v) is 6.56. The Morgan fingerprint density at radius 2 is 1.75 bits per heavy atom. The lowest BCUT2D eigenvalue weighted by atomic mass is 9.99. The fraction of sp³-hybridized carbons (Fsp3) is 0.333. The molecule has 7 nitrogen and oxygen atoms in total. The van der Waals surface area contributed by atoms with E-state index in [-0.39, 0.29) is 12.5 Å². The Morgan fingerprint density at radius 3 is 2.43 bits per heavy atom. The monoisotopic (exact) mass is 384 g/mol. The minimum atomic E-state index is -0.437. The normalized spacial score (nSPS) is 13.4. The number of nitrogens with zero attached hydrogens (tertiary/aromatic N) is 1. The quantitative estimate of drug-likeness (QED) is 0.771. The minimum absolute atomic E-state index is 0.133. The second kappa shape index (κ2) is 8.75. The summed E-state index contributed by atoms with van der Waals surface area (Å²) >= 11 is 0. The van der Waals surface area contributed by atoms with Crippen molar-refractivity contribution in [2.24, 2.45) is 0 Å². The van der Waals surface area contributed by atoms with Crippen LogP contribution in [0.3, 0.4) is 0 Å².